The number of rotatable bonds is 7. The molecule has 2 aromatic carbocycles. The third-order valence-corrected chi connectivity index (χ3v) is 4.97. The van der Waals surface area contributed by atoms with E-state index in [9.17, 15) is 0 Å². The second-order valence-electron chi connectivity index (χ2n) is 6.88. The molecule has 0 aliphatic heterocycles. The van der Waals surface area contributed by atoms with Crippen LogP contribution in [0.5, 0.6) is 0 Å². The van der Waals surface area contributed by atoms with Gasteiger partial charge in [0.15, 0.2) is 0 Å². The molecule has 3 heterocycles. The number of benzene rings is 2. The smallest absolute Gasteiger partial charge is 0.225 e. The number of aromatic amines is 1. The summed E-state index contributed by atoms with van der Waals surface area (Å²) >= 11 is 0. The van der Waals surface area contributed by atoms with Crippen molar-refractivity contribution in [1.29, 1.82) is 0 Å². The van der Waals surface area contributed by atoms with E-state index >= 15 is 0 Å². The minimum atomic E-state index is 0.572. The Hall–Kier alpha value is -3.80. The highest BCUT2D eigenvalue weighted by atomic mass is 16.3. The number of furan rings is 1. The first-order valence-electron chi connectivity index (χ1n) is 9.69. The molecule has 5 aromatic rings. The minimum absolute atomic E-state index is 0.572. The predicted molar refractivity (Wildman–Crippen MR) is 116 cm³/mol. The molecule has 0 aliphatic carbocycles. The van der Waals surface area contributed by atoms with E-state index in [0.29, 0.717) is 12.5 Å². The maximum Gasteiger partial charge on any atom is 0.225 e. The Kier molecular flexibility index (Phi) is 4.58. The van der Waals surface area contributed by atoms with E-state index in [-0.39, 0.29) is 0 Å². The molecule has 3 N–H and O–H groups in total. The van der Waals surface area contributed by atoms with Gasteiger partial charge in [-0.25, -0.2) is 4.98 Å². The van der Waals surface area contributed by atoms with Gasteiger partial charge < -0.3 is 20.0 Å². The van der Waals surface area contributed by atoms with E-state index in [1.54, 1.807) is 6.26 Å². The quantitative estimate of drug-likeness (QED) is 0.370. The molecule has 0 saturated carbocycles. The molecule has 0 spiro atoms. The molecule has 5 rings (SSSR count). The Labute approximate surface area is 168 Å². The van der Waals surface area contributed by atoms with Gasteiger partial charge in [0, 0.05) is 29.0 Å². The standard InChI is InChI=1S/C23H21N5O/c1-3-9-20-18(7-1)16(14-25-20)11-12-24-23-27-21-10-4-2-8-19(21)22(28-23)26-15-17-6-5-13-29-17/h1-10,13-14,25H,11-12,15H2,(H2,24,26,27,28). The van der Waals surface area contributed by atoms with Crippen molar-refractivity contribution in [3.63, 3.8) is 0 Å². The van der Waals surface area contributed by atoms with Gasteiger partial charge in [-0.15, -0.1) is 0 Å². The van der Waals surface area contributed by atoms with Crippen molar-refractivity contribution >= 4 is 33.6 Å². The van der Waals surface area contributed by atoms with Gasteiger partial charge in [-0.1, -0.05) is 30.3 Å². The molecule has 29 heavy (non-hydrogen) atoms. The summed E-state index contributed by atoms with van der Waals surface area (Å²) in [6.07, 6.45) is 4.63. The zero-order chi connectivity index (χ0) is 19.5. The molecular formula is C23H21N5O. The van der Waals surface area contributed by atoms with E-state index in [2.05, 4.69) is 45.0 Å². The average Bonchev–Trinajstić information content (AvgIpc) is 3.42. The zero-order valence-electron chi connectivity index (χ0n) is 15.9. The van der Waals surface area contributed by atoms with Crippen LogP contribution in [-0.2, 0) is 13.0 Å². The summed E-state index contributed by atoms with van der Waals surface area (Å²) < 4.78 is 5.41. The van der Waals surface area contributed by atoms with Crippen molar-refractivity contribution in [1.82, 2.24) is 15.0 Å². The van der Waals surface area contributed by atoms with Crippen molar-refractivity contribution in [3.8, 4) is 0 Å². The van der Waals surface area contributed by atoms with Gasteiger partial charge in [-0.3, -0.25) is 0 Å². The Bertz CT molecular complexity index is 1240. The van der Waals surface area contributed by atoms with Crippen LogP contribution < -0.4 is 10.6 Å². The van der Waals surface area contributed by atoms with Crippen molar-refractivity contribution in [3.05, 3.63) is 84.4 Å². The SMILES string of the molecule is c1coc(CNc2nc(NCCc3c[nH]c4ccccc34)nc3ccccc23)c1. The molecule has 6 heteroatoms. The van der Waals surface area contributed by atoms with Gasteiger partial charge in [0.1, 0.15) is 11.6 Å². The van der Waals surface area contributed by atoms with Gasteiger partial charge in [-0.05, 0) is 42.3 Å². The van der Waals surface area contributed by atoms with Gasteiger partial charge in [-0.2, -0.15) is 4.98 Å². The fourth-order valence-electron chi connectivity index (χ4n) is 3.52. The average molecular weight is 383 g/mol. The number of nitrogens with zero attached hydrogens (tertiary/aromatic N) is 2. The van der Waals surface area contributed by atoms with Crippen LogP contribution in [0, 0.1) is 0 Å². The summed E-state index contributed by atoms with van der Waals surface area (Å²) in [6, 6.07) is 20.2. The topological polar surface area (TPSA) is 78.8 Å². The lowest BCUT2D eigenvalue weighted by Gasteiger charge is -2.11. The summed E-state index contributed by atoms with van der Waals surface area (Å²) in [5, 5.41) is 8.99. The number of hydrogen-bond donors (Lipinski definition) is 3. The van der Waals surface area contributed by atoms with Crippen LogP contribution in [0.25, 0.3) is 21.8 Å². The van der Waals surface area contributed by atoms with Crippen LogP contribution in [0.2, 0.25) is 0 Å². The first-order chi connectivity index (χ1) is 14.4. The van der Waals surface area contributed by atoms with Crippen LogP contribution in [0.1, 0.15) is 11.3 Å². The van der Waals surface area contributed by atoms with Crippen molar-refractivity contribution in [2.75, 3.05) is 17.2 Å². The fraction of sp³-hybridized carbons (Fsp3) is 0.130. The second kappa shape index (κ2) is 7.67. The maximum absolute atomic E-state index is 5.41. The monoisotopic (exact) mass is 383 g/mol. The number of fused-ring (bicyclic) bond motifs is 2. The third kappa shape index (κ3) is 3.65. The Balaban J connectivity index is 1.34. The molecule has 0 atom stereocenters. The number of hydrogen-bond acceptors (Lipinski definition) is 5. The fourth-order valence-corrected chi connectivity index (χ4v) is 3.52. The normalized spacial score (nSPS) is 11.2. The molecule has 3 aromatic heterocycles. The molecule has 0 bridgehead atoms. The molecule has 0 fully saturated rings. The lowest BCUT2D eigenvalue weighted by molar-refractivity contribution is 0.518. The summed E-state index contributed by atoms with van der Waals surface area (Å²) in [5.74, 6) is 2.27. The molecule has 0 unspecified atom stereocenters. The molecule has 0 saturated heterocycles. The summed E-state index contributed by atoms with van der Waals surface area (Å²) in [5.41, 5.74) is 3.35. The lowest BCUT2D eigenvalue weighted by Crippen LogP contribution is -2.10. The highest BCUT2D eigenvalue weighted by molar-refractivity contribution is 5.90. The van der Waals surface area contributed by atoms with Gasteiger partial charge in [0.25, 0.3) is 0 Å². The minimum Gasteiger partial charge on any atom is -0.467 e. The van der Waals surface area contributed by atoms with Crippen molar-refractivity contribution in [2.24, 2.45) is 0 Å². The van der Waals surface area contributed by atoms with Crippen LogP contribution in [0.4, 0.5) is 11.8 Å². The highest BCUT2D eigenvalue weighted by Crippen LogP contribution is 2.23. The molecule has 0 aliphatic rings. The second-order valence-corrected chi connectivity index (χ2v) is 6.88. The van der Waals surface area contributed by atoms with Gasteiger partial charge in [0.05, 0.1) is 18.3 Å². The molecule has 0 radical (unpaired) electrons. The zero-order valence-corrected chi connectivity index (χ0v) is 15.9. The molecule has 144 valence electrons. The first-order valence-corrected chi connectivity index (χ1v) is 9.69. The van der Waals surface area contributed by atoms with E-state index in [1.165, 1.54) is 10.9 Å². The van der Waals surface area contributed by atoms with E-state index in [1.807, 2.05) is 42.5 Å². The highest BCUT2D eigenvalue weighted by Gasteiger charge is 2.09. The maximum atomic E-state index is 5.41. The predicted octanol–water partition coefficient (Wildman–Crippen LogP) is 4.97. The van der Waals surface area contributed by atoms with Crippen LogP contribution in [0.3, 0.4) is 0 Å². The molecule has 6 nitrogen and oxygen atoms in total. The van der Waals surface area contributed by atoms with Crippen LogP contribution >= 0.6 is 0 Å². The Morgan fingerprint density at radius 2 is 1.72 bits per heavy atom. The number of aromatic nitrogens is 3. The number of anilines is 2. The number of nitrogens with one attached hydrogen (secondary N) is 3. The molecular weight excluding hydrogens is 362 g/mol. The van der Waals surface area contributed by atoms with Gasteiger partial charge in [0.2, 0.25) is 5.95 Å². The largest absolute Gasteiger partial charge is 0.467 e. The first kappa shape index (κ1) is 17.3. The van der Waals surface area contributed by atoms with Crippen LogP contribution in [-0.4, -0.2) is 21.5 Å². The summed E-state index contributed by atoms with van der Waals surface area (Å²) in [6.45, 7) is 1.32. The van der Waals surface area contributed by atoms with E-state index in [4.69, 9.17) is 9.40 Å². The van der Waals surface area contributed by atoms with E-state index < -0.39 is 0 Å². The Morgan fingerprint density at radius 1 is 0.862 bits per heavy atom. The molecule has 0 amide bonds. The summed E-state index contributed by atoms with van der Waals surface area (Å²) in [4.78, 5) is 12.7. The third-order valence-electron chi connectivity index (χ3n) is 4.97. The van der Waals surface area contributed by atoms with Crippen molar-refractivity contribution < 1.29 is 4.42 Å². The Morgan fingerprint density at radius 3 is 2.62 bits per heavy atom. The lowest BCUT2D eigenvalue weighted by atomic mass is 10.1. The number of H-pyrrole nitrogens is 1. The van der Waals surface area contributed by atoms with Gasteiger partial charge >= 0.3 is 0 Å². The van der Waals surface area contributed by atoms with Crippen molar-refractivity contribution in [2.45, 2.75) is 13.0 Å². The van der Waals surface area contributed by atoms with Crippen LogP contribution in [0.15, 0.2) is 77.5 Å². The number of para-hydroxylation sites is 2. The van der Waals surface area contributed by atoms with E-state index in [0.717, 1.165) is 41.0 Å². The summed E-state index contributed by atoms with van der Waals surface area (Å²) in [7, 11) is 0.